The minimum atomic E-state index is -0.546. The molecule has 7 heteroatoms. The van der Waals surface area contributed by atoms with E-state index in [1.807, 2.05) is 0 Å². The van der Waals surface area contributed by atoms with Gasteiger partial charge in [0.1, 0.15) is 11.6 Å². The summed E-state index contributed by atoms with van der Waals surface area (Å²) in [5.74, 6) is -0.674. The molecule has 0 saturated carbocycles. The third-order valence-electron chi connectivity index (χ3n) is 3.89. The zero-order valence-electron chi connectivity index (χ0n) is 13.9. The number of ether oxygens (including phenoxy) is 1. The van der Waals surface area contributed by atoms with Gasteiger partial charge in [-0.2, -0.15) is 0 Å². The van der Waals surface area contributed by atoms with Crippen molar-refractivity contribution >= 4 is 5.96 Å². The maximum absolute atomic E-state index is 13.1. The van der Waals surface area contributed by atoms with Crippen LogP contribution in [0.4, 0.5) is 8.78 Å². The number of rotatable bonds is 8. The Morgan fingerprint density at radius 3 is 2.58 bits per heavy atom. The predicted molar refractivity (Wildman–Crippen MR) is 91.0 cm³/mol. The first-order valence-electron chi connectivity index (χ1n) is 8.42. The van der Waals surface area contributed by atoms with Crippen LogP contribution in [-0.2, 0) is 11.2 Å². The molecule has 1 fully saturated rings. The summed E-state index contributed by atoms with van der Waals surface area (Å²) < 4.78 is 31.4. The van der Waals surface area contributed by atoms with Crippen molar-refractivity contribution in [2.45, 2.75) is 19.3 Å². The minimum absolute atomic E-state index is 0.419. The lowest BCUT2D eigenvalue weighted by Gasteiger charge is -2.26. The van der Waals surface area contributed by atoms with Crippen molar-refractivity contribution in [3.63, 3.8) is 0 Å². The van der Waals surface area contributed by atoms with E-state index in [0.29, 0.717) is 30.9 Å². The first-order chi connectivity index (χ1) is 11.6. The molecule has 2 rings (SSSR count). The van der Waals surface area contributed by atoms with E-state index >= 15 is 0 Å². The standard InChI is InChI=1S/C17H26F2N4O/c18-15-11-14(12-16(19)13-15)3-1-4-21-17(20)22-5-2-6-23-7-9-24-10-8-23/h11-13H,1-10H2,(H3,20,21,22). The zero-order valence-corrected chi connectivity index (χ0v) is 13.9. The van der Waals surface area contributed by atoms with Gasteiger partial charge in [-0.25, -0.2) is 8.78 Å². The van der Waals surface area contributed by atoms with Crippen LogP contribution in [0.1, 0.15) is 18.4 Å². The second kappa shape index (κ2) is 10.2. The summed E-state index contributed by atoms with van der Waals surface area (Å²) in [4.78, 5) is 6.60. The lowest BCUT2D eigenvalue weighted by Crippen LogP contribution is -2.39. The van der Waals surface area contributed by atoms with Gasteiger partial charge in [0.05, 0.1) is 13.2 Å². The van der Waals surface area contributed by atoms with Crippen molar-refractivity contribution in [3.8, 4) is 0 Å². The number of hydrogen-bond donors (Lipinski definition) is 2. The number of nitrogens with zero attached hydrogens (tertiary/aromatic N) is 2. The van der Waals surface area contributed by atoms with E-state index in [1.54, 1.807) is 0 Å². The molecule has 5 nitrogen and oxygen atoms in total. The normalized spacial score (nSPS) is 16.3. The van der Waals surface area contributed by atoms with E-state index < -0.39 is 11.6 Å². The maximum Gasteiger partial charge on any atom is 0.188 e. The fraction of sp³-hybridized carbons (Fsp3) is 0.588. The number of nitrogens with two attached hydrogens (primary N) is 1. The fourth-order valence-electron chi connectivity index (χ4n) is 2.64. The minimum Gasteiger partial charge on any atom is -0.379 e. The van der Waals surface area contributed by atoms with Crippen LogP contribution in [0.25, 0.3) is 0 Å². The van der Waals surface area contributed by atoms with E-state index in [-0.39, 0.29) is 0 Å². The highest BCUT2D eigenvalue weighted by molar-refractivity contribution is 5.77. The summed E-state index contributed by atoms with van der Waals surface area (Å²) >= 11 is 0. The molecule has 1 aliphatic heterocycles. The Bertz CT molecular complexity index is 513. The average Bonchev–Trinajstić information content (AvgIpc) is 2.56. The van der Waals surface area contributed by atoms with Crippen LogP contribution in [0, 0.1) is 11.6 Å². The van der Waals surface area contributed by atoms with Crippen molar-refractivity contribution in [2.24, 2.45) is 10.7 Å². The molecule has 0 spiro atoms. The van der Waals surface area contributed by atoms with Gasteiger partial charge < -0.3 is 15.8 Å². The molecule has 1 heterocycles. The molecule has 0 aromatic heterocycles. The number of benzene rings is 1. The number of hydrogen-bond acceptors (Lipinski definition) is 3. The lowest BCUT2D eigenvalue weighted by molar-refractivity contribution is 0.0376. The van der Waals surface area contributed by atoms with Crippen LogP contribution >= 0.6 is 0 Å². The highest BCUT2D eigenvalue weighted by Crippen LogP contribution is 2.09. The molecule has 1 aromatic carbocycles. The Balaban J connectivity index is 1.56. The monoisotopic (exact) mass is 340 g/mol. The number of guanidine groups is 1. The smallest absolute Gasteiger partial charge is 0.188 e. The third-order valence-corrected chi connectivity index (χ3v) is 3.89. The molecule has 0 atom stereocenters. The Hall–Kier alpha value is -1.73. The van der Waals surface area contributed by atoms with E-state index in [4.69, 9.17) is 10.5 Å². The number of halogens is 2. The van der Waals surface area contributed by atoms with E-state index in [1.165, 1.54) is 12.1 Å². The quantitative estimate of drug-likeness (QED) is 0.428. The molecule has 1 saturated heterocycles. The largest absolute Gasteiger partial charge is 0.379 e. The van der Waals surface area contributed by atoms with Gasteiger partial charge in [0.15, 0.2) is 5.96 Å². The van der Waals surface area contributed by atoms with Crippen LogP contribution in [0.3, 0.4) is 0 Å². The molecule has 0 aliphatic carbocycles. The van der Waals surface area contributed by atoms with Crippen molar-refractivity contribution in [1.29, 1.82) is 0 Å². The zero-order chi connectivity index (χ0) is 17.2. The summed E-state index contributed by atoms with van der Waals surface area (Å²) in [6, 6.07) is 3.57. The maximum atomic E-state index is 13.1. The van der Waals surface area contributed by atoms with Crippen molar-refractivity contribution in [1.82, 2.24) is 10.2 Å². The summed E-state index contributed by atoms with van der Waals surface area (Å²) in [5.41, 5.74) is 6.44. The van der Waals surface area contributed by atoms with Gasteiger partial charge in [-0.15, -0.1) is 0 Å². The summed E-state index contributed by atoms with van der Waals surface area (Å²) in [5, 5.41) is 3.09. The van der Waals surface area contributed by atoms with E-state index in [2.05, 4.69) is 15.2 Å². The number of aryl methyl sites for hydroxylation is 1. The first kappa shape index (κ1) is 18.6. The van der Waals surface area contributed by atoms with Crippen molar-refractivity contribution < 1.29 is 13.5 Å². The second-order valence-corrected chi connectivity index (χ2v) is 5.88. The van der Waals surface area contributed by atoms with Gasteiger partial charge in [0.2, 0.25) is 0 Å². The van der Waals surface area contributed by atoms with Gasteiger partial charge in [0, 0.05) is 32.2 Å². The van der Waals surface area contributed by atoms with Crippen LogP contribution < -0.4 is 11.1 Å². The molecule has 134 valence electrons. The highest BCUT2D eigenvalue weighted by Gasteiger charge is 2.08. The fourth-order valence-corrected chi connectivity index (χ4v) is 2.64. The lowest BCUT2D eigenvalue weighted by atomic mass is 10.1. The predicted octanol–water partition coefficient (Wildman–Crippen LogP) is 1.52. The third kappa shape index (κ3) is 7.23. The Morgan fingerprint density at radius 1 is 1.17 bits per heavy atom. The molecular formula is C17H26F2N4O. The molecule has 24 heavy (non-hydrogen) atoms. The highest BCUT2D eigenvalue weighted by atomic mass is 19.1. The summed E-state index contributed by atoms with van der Waals surface area (Å²) in [7, 11) is 0. The number of morpholine rings is 1. The number of aliphatic imine (C=N–C) groups is 1. The van der Waals surface area contributed by atoms with Gasteiger partial charge in [-0.3, -0.25) is 9.89 Å². The van der Waals surface area contributed by atoms with Crippen LogP contribution in [0.5, 0.6) is 0 Å². The van der Waals surface area contributed by atoms with E-state index in [9.17, 15) is 8.78 Å². The van der Waals surface area contributed by atoms with E-state index in [0.717, 1.165) is 51.9 Å². The number of nitrogens with one attached hydrogen (secondary N) is 1. The average molecular weight is 340 g/mol. The molecule has 0 amide bonds. The molecule has 1 aliphatic rings. The molecule has 0 bridgehead atoms. The molecule has 3 N–H and O–H groups in total. The van der Waals surface area contributed by atoms with Crippen LogP contribution in [-0.4, -0.2) is 56.8 Å². The topological polar surface area (TPSA) is 62.9 Å². The summed E-state index contributed by atoms with van der Waals surface area (Å²) in [6.45, 7) is 5.93. The van der Waals surface area contributed by atoms with Gasteiger partial charge >= 0.3 is 0 Å². The Labute approximate surface area is 141 Å². The first-order valence-corrected chi connectivity index (χ1v) is 8.42. The molecule has 0 unspecified atom stereocenters. The van der Waals surface area contributed by atoms with Gasteiger partial charge in [0.25, 0.3) is 0 Å². The SMILES string of the molecule is NC(=NCCCc1cc(F)cc(F)c1)NCCCN1CCOCC1. The van der Waals surface area contributed by atoms with Gasteiger partial charge in [-0.05, 0) is 43.5 Å². The molecule has 1 aromatic rings. The Kier molecular flexibility index (Phi) is 7.91. The Morgan fingerprint density at radius 2 is 1.88 bits per heavy atom. The summed E-state index contributed by atoms with van der Waals surface area (Å²) in [6.07, 6.45) is 2.26. The van der Waals surface area contributed by atoms with Crippen molar-refractivity contribution in [2.75, 3.05) is 45.9 Å². The van der Waals surface area contributed by atoms with Crippen LogP contribution in [0.2, 0.25) is 0 Å². The molecular weight excluding hydrogens is 314 g/mol. The van der Waals surface area contributed by atoms with Crippen molar-refractivity contribution in [3.05, 3.63) is 35.4 Å². The molecule has 0 radical (unpaired) electrons. The van der Waals surface area contributed by atoms with Crippen LogP contribution in [0.15, 0.2) is 23.2 Å². The van der Waals surface area contributed by atoms with Gasteiger partial charge in [-0.1, -0.05) is 0 Å². The second-order valence-electron chi connectivity index (χ2n) is 5.88.